The number of benzene rings is 1. The first-order chi connectivity index (χ1) is 10.7. The highest BCUT2D eigenvalue weighted by Crippen LogP contribution is 2.30. The van der Waals surface area contributed by atoms with E-state index in [0.717, 1.165) is 31.1 Å². The third-order valence-electron chi connectivity index (χ3n) is 4.08. The Bertz CT molecular complexity index is 529. The summed E-state index contributed by atoms with van der Waals surface area (Å²) in [6, 6.07) is 7.98. The monoisotopic (exact) mass is 341 g/mol. The summed E-state index contributed by atoms with van der Waals surface area (Å²) >= 11 is 0. The van der Waals surface area contributed by atoms with Gasteiger partial charge >= 0.3 is 0 Å². The normalized spacial score (nSPS) is 23.7. The molecule has 0 spiro atoms. The molecule has 1 fully saturated rings. The molecule has 1 aromatic carbocycles. The highest BCUT2D eigenvalue weighted by atomic mass is 35.5. The zero-order valence-corrected chi connectivity index (χ0v) is 14.1. The van der Waals surface area contributed by atoms with Crippen LogP contribution in [0, 0.1) is 0 Å². The maximum absolute atomic E-state index is 12.1. The molecule has 2 aliphatic heterocycles. The molecule has 2 atom stereocenters. The third-order valence-corrected chi connectivity index (χ3v) is 4.08. The molecule has 0 saturated carbocycles. The summed E-state index contributed by atoms with van der Waals surface area (Å²) < 4.78 is 11.5. The van der Waals surface area contributed by atoms with Gasteiger partial charge in [-0.15, -0.1) is 12.4 Å². The quantitative estimate of drug-likeness (QED) is 0.842. The van der Waals surface area contributed by atoms with Gasteiger partial charge in [-0.25, -0.2) is 0 Å². The maximum atomic E-state index is 12.1. The van der Waals surface area contributed by atoms with E-state index in [4.69, 9.17) is 9.47 Å². The molecule has 23 heavy (non-hydrogen) atoms. The van der Waals surface area contributed by atoms with Gasteiger partial charge in [-0.3, -0.25) is 9.69 Å². The number of para-hydroxylation sites is 2. The predicted molar refractivity (Wildman–Crippen MR) is 90.5 cm³/mol. The summed E-state index contributed by atoms with van der Waals surface area (Å²) in [6.07, 6.45) is -0.140. The number of carbonyl (C=O) groups is 1. The van der Waals surface area contributed by atoms with E-state index in [2.05, 4.69) is 22.5 Å². The zero-order valence-electron chi connectivity index (χ0n) is 13.3. The largest absolute Gasteiger partial charge is 0.486 e. The molecule has 0 aromatic heterocycles. The highest BCUT2D eigenvalue weighted by molar-refractivity contribution is 5.85. The average Bonchev–Trinajstić information content (AvgIpc) is 2.55. The van der Waals surface area contributed by atoms with Crippen molar-refractivity contribution in [1.29, 1.82) is 0 Å². The summed E-state index contributed by atoms with van der Waals surface area (Å²) in [5.74, 6) is 1.54. The van der Waals surface area contributed by atoms with E-state index in [1.165, 1.54) is 0 Å². The Hall–Kier alpha value is -1.50. The van der Waals surface area contributed by atoms with Crippen LogP contribution in [0.3, 0.4) is 0 Å². The average molecular weight is 342 g/mol. The van der Waals surface area contributed by atoms with Crippen LogP contribution in [0.15, 0.2) is 24.3 Å². The molecule has 7 heteroatoms. The van der Waals surface area contributed by atoms with Crippen LogP contribution in [0.25, 0.3) is 0 Å². The van der Waals surface area contributed by atoms with Gasteiger partial charge in [0, 0.05) is 25.7 Å². The van der Waals surface area contributed by atoms with Crippen molar-refractivity contribution >= 4 is 18.3 Å². The first-order valence-corrected chi connectivity index (χ1v) is 7.82. The Kier molecular flexibility index (Phi) is 6.50. The van der Waals surface area contributed by atoms with Crippen molar-refractivity contribution in [3.63, 3.8) is 0 Å². The number of nitrogens with zero attached hydrogens (tertiary/aromatic N) is 1. The van der Waals surface area contributed by atoms with Crippen LogP contribution in [0.4, 0.5) is 0 Å². The number of fused-ring (bicyclic) bond motifs is 1. The van der Waals surface area contributed by atoms with Crippen molar-refractivity contribution in [2.24, 2.45) is 0 Å². The minimum absolute atomic E-state index is 0. The van der Waals surface area contributed by atoms with Crippen LogP contribution in [0.1, 0.15) is 6.92 Å². The van der Waals surface area contributed by atoms with Gasteiger partial charge in [0.25, 0.3) is 0 Å². The smallest absolute Gasteiger partial charge is 0.234 e. The fourth-order valence-corrected chi connectivity index (χ4v) is 2.75. The Labute approximate surface area is 142 Å². The Morgan fingerprint density at radius 3 is 2.96 bits per heavy atom. The molecular formula is C16H24ClN3O3. The fourth-order valence-electron chi connectivity index (χ4n) is 2.75. The van der Waals surface area contributed by atoms with E-state index in [9.17, 15) is 4.79 Å². The summed E-state index contributed by atoms with van der Waals surface area (Å²) in [5.41, 5.74) is 0. The molecule has 0 aliphatic carbocycles. The van der Waals surface area contributed by atoms with Crippen LogP contribution in [0.2, 0.25) is 0 Å². The Morgan fingerprint density at radius 2 is 2.17 bits per heavy atom. The molecule has 0 bridgehead atoms. The van der Waals surface area contributed by atoms with Gasteiger partial charge in [0.1, 0.15) is 12.7 Å². The number of carbonyl (C=O) groups excluding carboxylic acids is 1. The highest BCUT2D eigenvalue weighted by Gasteiger charge is 2.23. The van der Waals surface area contributed by atoms with Crippen molar-refractivity contribution in [2.75, 3.05) is 39.3 Å². The molecule has 1 amide bonds. The Morgan fingerprint density at radius 1 is 1.39 bits per heavy atom. The van der Waals surface area contributed by atoms with E-state index in [0.29, 0.717) is 25.7 Å². The number of ether oxygens (including phenoxy) is 2. The summed E-state index contributed by atoms with van der Waals surface area (Å²) in [6.45, 7) is 6.28. The van der Waals surface area contributed by atoms with Gasteiger partial charge in [-0.05, 0) is 19.1 Å². The van der Waals surface area contributed by atoms with E-state index >= 15 is 0 Å². The SMILES string of the molecule is C[C@@H]1CNCCN1CC(=O)NCC1COc2ccccc2O1.Cl. The molecule has 0 radical (unpaired) electrons. The lowest BCUT2D eigenvalue weighted by molar-refractivity contribution is -0.123. The summed E-state index contributed by atoms with van der Waals surface area (Å²) in [4.78, 5) is 14.3. The van der Waals surface area contributed by atoms with Gasteiger partial charge in [-0.1, -0.05) is 12.1 Å². The van der Waals surface area contributed by atoms with Crippen molar-refractivity contribution in [2.45, 2.75) is 19.1 Å². The van der Waals surface area contributed by atoms with Gasteiger partial charge in [0.15, 0.2) is 11.5 Å². The third kappa shape index (κ3) is 4.73. The van der Waals surface area contributed by atoms with E-state index in [-0.39, 0.29) is 24.4 Å². The van der Waals surface area contributed by atoms with Crippen molar-refractivity contribution in [1.82, 2.24) is 15.5 Å². The minimum atomic E-state index is -0.140. The second-order valence-electron chi connectivity index (χ2n) is 5.83. The number of rotatable bonds is 4. The van der Waals surface area contributed by atoms with Crippen LogP contribution >= 0.6 is 12.4 Å². The standard InChI is InChI=1S/C16H23N3O3.ClH/c1-12-8-17-6-7-19(12)10-16(20)18-9-13-11-21-14-4-2-3-5-15(14)22-13;/h2-5,12-13,17H,6-11H2,1H3,(H,18,20);1H/t12-,13?;/m1./s1. The lowest BCUT2D eigenvalue weighted by Crippen LogP contribution is -2.53. The van der Waals surface area contributed by atoms with Crippen LogP contribution in [0.5, 0.6) is 11.5 Å². The number of amides is 1. The molecule has 2 heterocycles. The molecule has 2 aliphatic rings. The Balaban J connectivity index is 0.00000192. The number of halogens is 1. The molecule has 6 nitrogen and oxygen atoms in total. The lowest BCUT2D eigenvalue weighted by atomic mass is 10.2. The van der Waals surface area contributed by atoms with Gasteiger partial charge in [-0.2, -0.15) is 0 Å². The van der Waals surface area contributed by atoms with E-state index in [1.807, 2.05) is 24.3 Å². The van der Waals surface area contributed by atoms with Gasteiger partial charge in [0.05, 0.1) is 13.1 Å². The summed E-state index contributed by atoms with van der Waals surface area (Å²) in [7, 11) is 0. The number of piperazine rings is 1. The maximum Gasteiger partial charge on any atom is 0.234 e. The predicted octanol–water partition coefficient (Wildman–Crippen LogP) is 0.658. The first kappa shape index (κ1) is 17.8. The zero-order chi connectivity index (χ0) is 15.4. The van der Waals surface area contributed by atoms with E-state index < -0.39 is 0 Å². The van der Waals surface area contributed by atoms with Crippen molar-refractivity contribution < 1.29 is 14.3 Å². The second kappa shape index (κ2) is 8.38. The molecule has 1 aromatic rings. The van der Waals surface area contributed by atoms with Crippen LogP contribution in [-0.4, -0.2) is 62.3 Å². The van der Waals surface area contributed by atoms with Crippen LogP contribution < -0.4 is 20.1 Å². The molecular weight excluding hydrogens is 318 g/mol. The number of nitrogens with one attached hydrogen (secondary N) is 2. The molecule has 2 N–H and O–H groups in total. The minimum Gasteiger partial charge on any atom is -0.486 e. The van der Waals surface area contributed by atoms with Gasteiger partial charge < -0.3 is 20.1 Å². The van der Waals surface area contributed by atoms with Crippen molar-refractivity contribution in [3.8, 4) is 11.5 Å². The molecule has 1 saturated heterocycles. The molecule has 3 rings (SSSR count). The number of hydrogen-bond acceptors (Lipinski definition) is 5. The first-order valence-electron chi connectivity index (χ1n) is 7.82. The molecule has 1 unspecified atom stereocenters. The second-order valence-corrected chi connectivity index (χ2v) is 5.83. The topological polar surface area (TPSA) is 62.8 Å². The fraction of sp³-hybridized carbons (Fsp3) is 0.562. The number of hydrogen-bond donors (Lipinski definition) is 2. The van der Waals surface area contributed by atoms with Crippen LogP contribution in [-0.2, 0) is 4.79 Å². The lowest BCUT2D eigenvalue weighted by Gasteiger charge is -2.33. The summed E-state index contributed by atoms with van der Waals surface area (Å²) in [5, 5.41) is 6.27. The molecule has 128 valence electrons. The van der Waals surface area contributed by atoms with E-state index in [1.54, 1.807) is 0 Å². The van der Waals surface area contributed by atoms with Crippen molar-refractivity contribution in [3.05, 3.63) is 24.3 Å². The van der Waals surface area contributed by atoms with Gasteiger partial charge in [0.2, 0.25) is 5.91 Å².